The molecule has 14 heteroatoms. The van der Waals surface area contributed by atoms with Crippen LogP contribution < -0.4 is 21.1 Å². The molecule has 0 spiro atoms. The molecule has 5 N–H and O–H groups in total. The first-order chi connectivity index (χ1) is 15.9. The number of aliphatic carboxylic acids is 1. The lowest BCUT2D eigenvalue weighted by molar-refractivity contribution is -0.192. The van der Waals surface area contributed by atoms with E-state index in [9.17, 15) is 22.4 Å². The average molecular weight is 503 g/mol. The Labute approximate surface area is 195 Å². The summed E-state index contributed by atoms with van der Waals surface area (Å²) >= 11 is 1.29. The first-order valence-electron chi connectivity index (χ1n) is 9.58. The number of aromatic nitrogens is 2. The van der Waals surface area contributed by atoms with Crippen LogP contribution in [0.1, 0.15) is 22.2 Å². The van der Waals surface area contributed by atoms with Gasteiger partial charge in [0.1, 0.15) is 34.6 Å². The fourth-order valence-corrected chi connectivity index (χ4v) is 3.68. The van der Waals surface area contributed by atoms with E-state index in [1.165, 1.54) is 29.8 Å². The van der Waals surface area contributed by atoms with Gasteiger partial charge in [-0.15, -0.1) is 11.3 Å². The van der Waals surface area contributed by atoms with Crippen LogP contribution in [0.15, 0.2) is 24.5 Å². The predicted molar refractivity (Wildman–Crippen MR) is 118 cm³/mol. The molecule has 0 saturated carbocycles. The third kappa shape index (κ3) is 6.51. The fourth-order valence-electron chi connectivity index (χ4n) is 2.59. The first-order valence-corrected chi connectivity index (χ1v) is 10.4. The summed E-state index contributed by atoms with van der Waals surface area (Å²) < 4.78 is 51.1. The average Bonchev–Trinajstić information content (AvgIpc) is 3.12. The number of carboxylic acids is 1. The minimum absolute atomic E-state index is 0.177. The molecule has 184 valence electrons. The normalized spacial score (nSPS) is 11.9. The van der Waals surface area contributed by atoms with Crippen LogP contribution in [0.5, 0.6) is 5.75 Å². The van der Waals surface area contributed by atoms with Gasteiger partial charge in [-0.25, -0.2) is 19.2 Å². The number of benzene rings is 1. The number of alkyl halides is 3. The van der Waals surface area contributed by atoms with Crippen LogP contribution in [0.3, 0.4) is 0 Å². The minimum atomic E-state index is -5.08. The van der Waals surface area contributed by atoms with Crippen molar-refractivity contribution in [3.8, 4) is 5.75 Å². The summed E-state index contributed by atoms with van der Waals surface area (Å²) in [4.78, 5) is 30.8. The summed E-state index contributed by atoms with van der Waals surface area (Å²) in [6.45, 7) is 3.94. The van der Waals surface area contributed by atoms with Crippen LogP contribution in [-0.2, 0) is 4.79 Å². The molecule has 1 aromatic carbocycles. The van der Waals surface area contributed by atoms with Crippen molar-refractivity contribution >= 4 is 44.9 Å². The maximum absolute atomic E-state index is 13.7. The van der Waals surface area contributed by atoms with Crippen LogP contribution in [-0.4, -0.2) is 52.8 Å². The molecule has 0 radical (unpaired) electrons. The number of nitrogens with zero attached hydrogens (tertiary/aromatic N) is 2. The molecule has 34 heavy (non-hydrogen) atoms. The number of anilines is 2. The Morgan fingerprint density at radius 2 is 1.94 bits per heavy atom. The number of nitrogens with two attached hydrogens (primary N) is 1. The molecular formula is C20H21F4N5O4S. The summed E-state index contributed by atoms with van der Waals surface area (Å²) in [5.41, 5.74) is 6.92. The smallest absolute Gasteiger partial charge is 0.487 e. The van der Waals surface area contributed by atoms with E-state index in [4.69, 9.17) is 20.4 Å². The SMILES string of the molecule is CNC(=O)c1sc2ncnc(Nc3ccc(F)cc3OC(C)CN)c2c1C.O=C(O)C(F)(F)F. The summed E-state index contributed by atoms with van der Waals surface area (Å²) in [7, 11) is 1.58. The van der Waals surface area contributed by atoms with Gasteiger partial charge in [0.15, 0.2) is 0 Å². The van der Waals surface area contributed by atoms with Gasteiger partial charge >= 0.3 is 12.1 Å². The molecule has 0 aliphatic rings. The number of carboxylic acid groups (broad SMARTS) is 1. The van der Waals surface area contributed by atoms with Gasteiger partial charge in [-0.1, -0.05) is 0 Å². The minimum Gasteiger partial charge on any atom is -0.487 e. The van der Waals surface area contributed by atoms with Crippen LogP contribution in [0, 0.1) is 12.7 Å². The van der Waals surface area contributed by atoms with Gasteiger partial charge in [0.2, 0.25) is 0 Å². The summed E-state index contributed by atoms with van der Waals surface area (Å²) in [6, 6.07) is 4.20. The van der Waals surface area contributed by atoms with Crippen molar-refractivity contribution in [3.05, 3.63) is 40.8 Å². The summed E-state index contributed by atoms with van der Waals surface area (Å²) in [5, 5.41) is 13.7. The van der Waals surface area contributed by atoms with Crippen LogP contribution in [0.2, 0.25) is 0 Å². The van der Waals surface area contributed by atoms with Gasteiger partial charge < -0.3 is 26.2 Å². The van der Waals surface area contributed by atoms with Crippen molar-refractivity contribution in [1.82, 2.24) is 15.3 Å². The maximum atomic E-state index is 13.7. The van der Waals surface area contributed by atoms with Gasteiger partial charge in [0.05, 0.1) is 16.0 Å². The Hall–Kier alpha value is -3.52. The largest absolute Gasteiger partial charge is 0.490 e. The van der Waals surface area contributed by atoms with Crippen molar-refractivity contribution in [2.45, 2.75) is 26.1 Å². The molecule has 3 aromatic rings. The fraction of sp³-hybridized carbons (Fsp3) is 0.300. The highest BCUT2D eigenvalue weighted by atomic mass is 32.1. The second-order valence-electron chi connectivity index (χ2n) is 6.77. The molecule has 0 fully saturated rings. The highest BCUT2D eigenvalue weighted by molar-refractivity contribution is 7.20. The van der Waals surface area contributed by atoms with Crippen molar-refractivity contribution in [1.29, 1.82) is 0 Å². The number of hydrogen-bond acceptors (Lipinski definition) is 8. The number of nitrogens with one attached hydrogen (secondary N) is 2. The number of ether oxygens (including phenoxy) is 1. The van der Waals surface area contributed by atoms with Gasteiger partial charge in [-0.2, -0.15) is 13.2 Å². The molecule has 1 amide bonds. The number of halogens is 4. The number of carbonyl (C=O) groups is 2. The zero-order valence-corrected chi connectivity index (χ0v) is 19.0. The number of thiophene rings is 1. The van der Waals surface area contributed by atoms with Gasteiger partial charge in [0.25, 0.3) is 5.91 Å². The van der Waals surface area contributed by atoms with E-state index < -0.39 is 18.0 Å². The van der Waals surface area contributed by atoms with E-state index in [0.29, 0.717) is 33.5 Å². The number of rotatable bonds is 6. The molecule has 0 aliphatic heterocycles. The van der Waals surface area contributed by atoms with E-state index in [1.54, 1.807) is 20.0 Å². The lowest BCUT2D eigenvalue weighted by Gasteiger charge is -2.17. The van der Waals surface area contributed by atoms with Crippen LogP contribution in [0.4, 0.5) is 29.1 Å². The Balaban J connectivity index is 0.000000509. The van der Waals surface area contributed by atoms with Crippen molar-refractivity contribution in [2.24, 2.45) is 5.73 Å². The highest BCUT2D eigenvalue weighted by Crippen LogP contribution is 2.36. The number of aryl methyl sites for hydroxylation is 1. The second-order valence-corrected chi connectivity index (χ2v) is 7.77. The molecule has 1 unspecified atom stereocenters. The predicted octanol–water partition coefficient (Wildman–Crippen LogP) is 3.60. The lowest BCUT2D eigenvalue weighted by atomic mass is 10.2. The number of carbonyl (C=O) groups excluding carboxylic acids is 1. The second kappa shape index (κ2) is 11.1. The Morgan fingerprint density at radius 1 is 1.29 bits per heavy atom. The van der Waals surface area contributed by atoms with Crippen molar-refractivity contribution in [2.75, 3.05) is 18.9 Å². The van der Waals surface area contributed by atoms with Crippen LogP contribution >= 0.6 is 11.3 Å². The molecule has 3 rings (SSSR count). The number of amides is 1. The van der Waals surface area contributed by atoms with E-state index in [1.807, 2.05) is 6.92 Å². The molecular weight excluding hydrogens is 482 g/mol. The standard InChI is InChI=1S/C18H20FN5O2S.C2HF3O2/c1-9(7-20)26-13-6-11(19)4-5-12(13)24-16-14-10(2)15(17(25)21-3)27-18(14)23-8-22-16;3-2(4,5)1(6)7/h4-6,8-9H,7,20H2,1-3H3,(H,21,25)(H,22,23,24);(H,6,7). The molecule has 9 nitrogen and oxygen atoms in total. The first kappa shape index (κ1) is 26.7. The monoisotopic (exact) mass is 503 g/mol. The number of fused-ring (bicyclic) bond motifs is 1. The Morgan fingerprint density at radius 3 is 2.50 bits per heavy atom. The zero-order valence-electron chi connectivity index (χ0n) is 18.2. The van der Waals surface area contributed by atoms with Gasteiger partial charge in [0, 0.05) is 19.7 Å². The topological polar surface area (TPSA) is 139 Å². The summed E-state index contributed by atoms with van der Waals surface area (Å²) in [5.74, 6) is -2.50. The Bertz CT molecular complexity index is 1190. The molecule has 0 aliphatic carbocycles. The Kier molecular flexibility index (Phi) is 8.70. The molecule has 2 aromatic heterocycles. The molecule has 1 atom stereocenters. The van der Waals surface area contributed by atoms with Crippen molar-refractivity contribution in [3.63, 3.8) is 0 Å². The zero-order chi connectivity index (χ0) is 25.6. The van der Waals surface area contributed by atoms with Gasteiger partial charge in [-0.05, 0) is 31.5 Å². The van der Waals surface area contributed by atoms with E-state index >= 15 is 0 Å². The third-order valence-electron chi connectivity index (χ3n) is 4.26. The molecule has 0 bridgehead atoms. The molecule has 0 saturated heterocycles. The van der Waals surface area contributed by atoms with E-state index in [0.717, 1.165) is 10.9 Å². The van der Waals surface area contributed by atoms with E-state index in [-0.39, 0.29) is 12.0 Å². The van der Waals surface area contributed by atoms with Gasteiger partial charge in [-0.3, -0.25) is 4.79 Å². The van der Waals surface area contributed by atoms with Crippen LogP contribution in [0.25, 0.3) is 10.2 Å². The quantitative estimate of drug-likeness (QED) is 0.374. The lowest BCUT2D eigenvalue weighted by Crippen LogP contribution is -2.23. The van der Waals surface area contributed by atoms with Crippen molar-refractivity contribution < 1.29 is 37.0 Å². The highest BCUT2D eigenvalue weighted by Gasteiger charge is 2.38. The number of hydrogen-bond donors (Lipinski definition) is 4. The third-order valence-corrected chi connectivity index (χ3v) is 5.46. The summed E-state index contributed by atoms with van der Waals surface area (Å²) in [6.07, 6.45) is -3.94. The maximum Gasteiger partial charge on any atom is 0.490 e. The molecule has 2 heterocycles. The van der Waals surface area contributed by atoms with E-state index in [2.05, 4.69) is 20.6 Å².